The lowest BCUT2D eigenvalue weighted by Crippen LogP contribution is -2.03. The first-order chi connectivity index (χ1) is 11.2. The molecule has 0 unspecified atom stereocenters. The molecule has 0 atom stereocenters. The van der Waals surface area contributed by atoms with Gasteiger partial charge in [-0.3, -0.25) is 14.8 Å². The van der Waals surface area contributed by atoms with Gasteiger partial charge >= 0.3 is 0 Å². The lowest BCUT2D eigenvalue weighted by Gasteiger charge is -2.02. The number of aryl methyl sites for hydroxylation is 2. The van der Waals surface area contributed by atoms with E-state index < -0.39 is 0 Å². The van der Waals surface area contributed by atoms with Crippen LogP contribution in [0.15, 0.2) is 30.7 Å². The van der Waals surface area contributed by atoms with Crippen LogP contribution >= 0.6 is 0 Å². The molecule has 0 radical (unpaired) electrons. The summed E-state index contributed by atoms with van der Waals surface area (Å²) in [6.07, 6.45) is 5.37. The van der Waals surface area contributed by atoms with Crippen LogP contribution in [-0.2, 0) is 6.54 Å². The van der Waals surface area contributed by atoms with Gasteiger partial charge in [-0.25, -0.2) is 15.0 Å². The molecule has 0 aromatic carbocycles. The Kier molecular flexibility index (Phi) is 3.07. The van der Waals surface area contributed by atoms with E-state index in [0.29, 0.717) is 23.9 Å². The summed E-state index contributed by atoms with van der Waals surface area (Å²) in [5.41, 5.74) is 3.38. The summed E-state index contributed by atoms with van der Waals surface area (Å²) in [6, 6.07) is 3.87. The van der Waals surface area contributed by atoms with Crippen LogP contribution in [0.1, 0.15) is 17.2 Å². The molecule has 0 spiro atoms. The number of aromatic amines is 1. The predicted octanol–water partition coefficient (Wildman–Crippen LogP) is 1.67. The first-order valence-corrected chi connectivity index (χ1v) is 7.19. The Morgan fingerprint density at radius 1 is 1.09 bits per heavy atom. The molecule has 0 aliphatic carbocycles. The first-order valence-electron chi connectivity index (χ1n) is 7.19. The Bertz CT molecular complexity index is 967. The van der Waals surface area contributed by atoms with Crippen molar-refractivity contribution in [3.8, 4) is 11.5 Å². The van der Waals surface area contributed by atoms with Crippen molar-refractivity contribution in [2.75, 3.05) is 0 Å². The van der Waals surface area contributed by atoms with Crippen LogP contribution in [-0.4, -0.2) is 39.9 Å². The molecule has 4 aromatic heterocycles. The largest absolute Gasteiger partial charge is 0.258 e. The quantitative estimate of drug-likeness (QED) is 0.618. The van der Waals surface area contributed by atoms with E-state index in [1.807, 2.05) is 43.1 Å². The van der Waals surface area contributed by atoms with Crippen LogP contribution < -0.4 is 0 Å². The number of nitrogens with zero attached hydrogens (tertiary/aromatic N) is 7. The van der Waals surface area contributed by atoms with Crippen LogP contribution in [0.25, 0.3) is 22.6 Å². The van der Waals surface area contributed by atoms with Gasteiger partial charge in [0.2, 0.25) is 0 Å². The monoisotopic (exact) mass is 306 g/mol. The fourth-order valence-electron chi connectivity index (χ4n) is 2.41. The van der Waals surface area contributed by atoms with Gasteiger partial charge in [0.25, 0.3) is 0 Å². The van der Waals surface area contributed by atoms with Crippen molar-refractivity contribution in [2.45, 2.75) is 20.4 Å². The van der Waals surface area contributed by atoms with Crippen molar-refractivity contribution in [3.05, 3.63) is 47.9 Å². The second-order valence-electron chi connectivity index (χ2n) is 5.25. The summed E-state index contributed by atoms with van der Waals surface area (Å²) in [4.78, 5) is 17.3. The van der Waals surface area contributed by atoms with E-state index in [9.17, 15) is 0 Å². The predicted molar refractivity (Wildman–Crippen MR) is 83.5 cm³/mol. The molecule has 0 saturated heterocycles. The van der Waals surface area contributed by atoms with Crippen molar-refractivity contribution >= 4 is 11.0 Å². The Morgan fingerprint density at radius 2 is 1.91 bits per heavy atom. The Morgan fingerprint density at radius 3 is 2.65 bits per heavy atom. The third-order valence-corrected chi connectivity index (χ3v) is 3.50. The zero-order valence-corrected chi connectivity index (χ0v) is 12.7. The maximum Gasteiger partial charge on any atom is 0.178 e. The smallest absolute Gasteiger partial charge is 0.178 e. The number of nitrogens with one attached hydrogen (secondary N) is 1. The van der Waals surface area contributed by atoms with E-state index in [1.165, 1.54) is 0 Å². The summed E-state index contributed by atoms with van der Waals surface area (Å²) < 4.78 is 1.88. The Balaban J connectivity index is 1.82. The maximum atomic E-state index is 4.66. The van der Waals surface area contributed by atoms with Crippen molar-refractivity contribution in [2.24, 2.45) is 0 Å². The summed E-state index contributed by atoms with van der Waals surface area (Å²) in [5.74, 6) is 2.04. The van der Waals surface area contributed by atoms with Crippen molar-refractivity contribution < 1.29 is 0 Å². The van der Waals surface area contributed by atoms with Crippen molar-refractivity contribution in [1.29, 1.82) is 0 Å². The number of fused-ring (bicyclic) bond motifs is 1. The molecule has 0 aliphatic heterocycles. The average molecular weight is 306 g/mol. The van der Waals surface area contributed by atoms with Crippen molar-refractivity contribution in [1.82, 2.24) is 39.9 Å². The molecule has 0 aliphatic rings. The van der Waals surface area contributed by atoms with Gasteiger partial charge in [-0.1, -0.05) is 0 Å². The molecule has 4 aromatic rings. The molecule has 8 nitrogen and oxygen atoms in total. The van der Waals surface area contributed by atoms with E-state index in [0.717, 1.165) is 22.4 Å². The maximum absolute atomic E-state index is 4.66. The fraction of sp³-hybridized carbons (Fsp3) is 0.200. The molecule has 4 heterocycles. The molecule has 0 amide bonds. The highest BCUT2D eigenvalue weighted by atomic mass is 15.3. The Hall–Kier alpha value is -3.16. The highest BCUT2D eigenvalue weighted by Crippen LogP contribution is 2.24. The van der Waals surface area contributed by atoms with E-state index in [-0.39, 0.29) is 0 Å². The molecule has 0 fully saturated rings. The first kappa shape index (κ1) is 13.5. The van der Waals surface area contributed by atoms with Crippen LogP contribution in [0.4, 0.5) is 0 Å². The summed E-state index contributed by atoms with van der Waals surface area (Å²) in [6.45, 7) is 4.26. The van der Waals surface area contributed by atoms with Gasteiger partial charge < -0.3 is 0 Å². The lowest BCUT2D eigenvalue weighted by atomic mass is 10.3. The Labute approximate surface area is 131 Å². The number of rotatable bonds is 3. The molecule has 0 saturated carbocycles. The van der Waals surface area contributed by atoms with Crippen LogP contribution in [0.5, 0.6) is 0 Å². The average Bonchev–Trinajstić information content (AvgIpc) is 3.14. The minimum atomic E-state index is 0.565. The molecule has 0 bridgehead atoms. The zero-order valence-electron chi connectivity index (χ0n) is 12.7. The zero-order chi connectivity index (χ0) is 15.8. The highest BCUT2D eigenvalue weighted by molar-refractivity contribution is 5.87. The standard InChI is InChI=1S/C15H14N8/c1-9-17-6-11(7-18-9)8-23-12-4-3-5-16-13(12)14(22-23)15-19-10(2)20-21-15/h3-7H,8H2,1-2H3,(H,19,20,21). The lowest BCUT2D eigenvalue weighted by molar-refractivity contribution is 0.706. The number of hydrogen-bond acceptors (Lipinski definition) is 6. The van der Waals surface area contributed by atoms with Gasteiger partial charge in [0.05, 0.1) is 12.1 Å². The van der Waals surface area contributed by atoms with Gasteiger partial charge in [-0.15, -0.1) is 0 Å². The van der Waals surface area contributed by atoms with E-state index in [2.05, 4.69) is 35.2 Å². The number of aromatic nitrogens is 8. The van der Waals surface area contributed by atoms with E-state index >= 15 is 0 Å². The molecule has 4 rings (SSSR count). The third-order valence-electron chi connectivity index (χ3n) is 3.50. The fourth-order valence-corrected chi connectivity index (χ4v) is 2.41. The van der Waals surface area contributed by atoms with Crippen LogP contribution in [0.3, 0.4) is 0 Å². The topological polar surface area (TPSA) is 98.1 Å². The molecule has 1 N–H and O–H groups in total. The molecular weight excluding hydrogens is 292 g/mol. The molecule has 114 valence electrons. The summed E-state index contributed by atoms with van der Waals surface area (Å²) in [5, 5.41) is 11.6. The van der Waals surface area contributed by atoms with Crippen molar-refractivity contribution in [3.63, 3.8) is 0 Å². The second kappa shape index (κ2) is 5.24. The SMILES string of the molecule is Cc1ncc(Cn2nc(-c3nc(C)n[nH]3)c3ncccc32)cn1. The highest BCUT2D eigenvalue weighted by Gasteiger charge is 2.16. The third kappa shape index (κ3) is 2.44. The molecule has 23 heavy (non-hydrogen) atoms. The number of hydrogen-bond donors (Lipinski definition) is 1. The minimum absolute atomic E-state index is 0.565. The number of H-pyrrole nitrogens is 1. The summed E-state index contributed by atoms with van der Waals surface area (Å²) in [7, 11) is 0. The molecular formula is C15H14N8. The minimum Gasteiger partial charge on any atom is -0.258 e. The number of pyridine rings is 1. The van der Waals surface area contributed by atoms with Crippen LogP contribution in [0.2, 0.25) is 0 Å². The van der Waals surface area contributed by atoms with Crippen LogP contribution in [0, 0.1) is 13.8 Å². The second-order valence-corrected chi connectivity index (χ2v) is 5.25. The van der Waals surface area contributed by atoms with Gasteiger partial charge in [-0.05, 0) is 26.0 Å². The van der Waals surface area contributed by atoms with Gasteiger partial charge in [0.1, 0.15) is 17.2 Å². The molecule has 8 heteroatoms. The summed E-state index contributed by atoms with van der Waals surface area (Å²) >= 11 is 0. The van der Waals surface area contributed by atoms with Gasteiger partial charge in [0.15, 0.2) is 11.5 Å². The van der Waals surface area contributed by atoms with Gasteiger partial charge in [-0.2, -0.15) is 10.2 Å². The van der Waals surface area contributed by atoms with Gasteiger partial charge in [0, 0.05) is 24.2 Å². The normalized spacial score (nSPS) is 11.2. The van der Waals surface area contributed by atoms with E-state index in [1.54, 1.807) is 6.20 Å². The van der Waals surface area contributed by atoms with E-state index in [4.69, 9.17) is 0 Å².